The van der Waals surface area contributed by atoms with Gasteiger partial charge in [-0.15, -0.1) is 0 Å². The predicted molar refractivity (Wildman–Crippen MR) is 91.6 cm³/mol. The van der Waals surface area contributed by atoms with Crippen molar-refractivity contribution in [3.63, 3.8) is 0 Å². The molecule has 5 heteroatoms. The summed E-state index contributed by atoms with van der Waals surface area (Å²) in [6, 6.07) is 7.84. The average Bonchev–Trinajstić information content (AvgIpc) is 2.95. The molecule has 0 saturated carbocycles. The summed E-state index contributed by atoms with van der Waals surface area (Å²) in [5.41, 5.74) is 3.36. The van der Waals surface area contributed by atoms with Crippen LogP contribution in [0.3, 0.4) is 0 Å². The number of allylic oxidation sites excluding steroid dienone is 2. The van der Waals surface area contributed by atoms with Crippen LogP contribution in [-0.4, -0.2) is 25.4 Å². The highest BCUT2D eigenvalue weighted by atomic mass is 16.5. The molecule has 0 unspecified atom stereocenters. The number of aromatic nitrogens is 1. The first kappa shape index (κ1) is 16.4. The van der Waals surface area contributed by atoms with Crippen LogP contribution >= 0.6 is 0 Å². The van der Waals surface area contributed by atoms with Crippen LogP contribution in [0.2, 0.25) is 0 Å². The standard InChI is InChI=1S/C18H19N3O2/c1-5-13(10-20-18-12(2)15(9-19)11-21-18)14-6-7-16(22-3)17(8-14)23-4/h5-8,10-11,21H,1-4H3/b13-5-,20-10-. The van der Waals surface area contributed by atoms with Crippen molar-refractivity contribution >= 4 is 17.6 Å². The van der Waals surface area contributed by atoms with E-state index in [1.165, 1.54) is 0 Å². The number of benzene rings is 1. The van der Waals surface area contributed by atoms with Crippen molar-refractivity contribution in [3.8, 4) is 17.6 Å². The maximum atomic E-state index is 8.98. The molecule has 1 heterocycles. The third-order valence-corrected chi connectivity index (χ3v) is 3.59. The maximum absolute atomic E-state index is 8.98. The Morgan fingerprint density at radius 3 is 2.57 bits per heavy atom. The van der Waals surface area contributed by atoms with E-state index in [0.29, 0.717) is 22.9 Å². The molecule has 0 amide bonds. The smallest absolute Gasteiger partial charge is 0.161 e. The fourth-order valence-corrected chi connectivity index (χ4v) is 2.20. The summed E-state index contributed by atoms with van der Waals surface area (Å²) in [5, 5.41) is 8.98. The van der Waals surface area contributed by atoms with Crippen LogP contribution in [0.4, 0.5) is 5.82 Å². The van der Waals surface area contributed by atoms with Gasteiger partial charge in [0.25, 0.3) is 0 Å². The number of aliphatic imine (C=N–C) groups is 1. The Morgan fingerprint density at radius 1 is 1.26 bits per heavy atom. The van der Waals surface area contributed by atoms with Crippen LogP contribution in [0, 0.1) is 18.3 Å². The second-order valence-corrected chi connectivity index (χ2v) is 4.86. The number of rotatable bonds is 5. The van der Waals surface area contributed by atoms with Crippen molar-refractivity contribution in [1.29, 1.82) is 5.26 Å². The fourth-order valence-electron chi connectivity index (χ4n) is 2.20. The first-order valence-corrected chi connectivity index (χ1v) is 7.15. The van der Waals surface area contributed by atoms with Gasteiger partial charge in [-0.05, 0) is 37.1 Å². The molecule has 2 aromatic rings. The third kappa shape index (κ3) is 3.43. The summed E-state index contributed by atoms with van der Waals surface area (Å²) in [6.07, 6.45) is 5.39. The third-order valence-electron chi connectivity index (χ3n) is 3.59. The minimum Gasteiger partial charge on any atom is -0.493 e. The zero-order chi connectivity index (χ0) is 16.8. The van der Waals surface area contributed by atoms with Gasteiger partial charge in [-0.1, -0.05) is 12.1 Å². The minimum absolute atomic E-state index is 0.602. The number of ether oxygens (including phenoxy) is 2. The summed E-state index contributed by atoms with van der Waals surface area (Å²) in [4.78, 5) is 7.45. The summed E-state index contributed by atoms with van der Waals surface area (Å²) in [7, 11) is 3.22. The number of nitrogens with one attached hydrogen (secondary N) is 1. The molecule has 118 valence electrons. The van der Waals surface area contributed by atoms with E-state index in [1.807, 2.05) is 38.1 Å². The minimum atomic E-state index is 0.602. The first-order valence-electron chi connectivity index (χ1n) is 7.15. The van der Waals surface area contributed by atoms with Gasteiger partial charge < -0.3 is 14.5 Å². The Bertz CT molecular complexity index is 795. The number of H-pyrrole nitrogens is 1. The lowest BCUT2D eigenvalue weighted by Crippen LogP contribution is -1.93. The van der Waals surface area contributed by atoms with Gasteiger partial charge in [-0.2, -0.15) is 5.26 Å². The van der Waals surface area contributed by atoms with Crippen LogP contribution in [0.15, 0.2) is 35.5 Å². The number of hydrogen-bond acceptors (Lipinski definition) is 4. The van der Waals surface area contributed by atoms with Crippen LogP contribution in [0.1, 0.15) is 23.6 Å². The van der Waals surface area contributed by atoms with E-state index in [4.69, 9.17) is 14.7 Å². The highest BCUT2D eigenvalue weighted by molar-refractivity contribution is 6.10. The lowest BCUT2D eigenvalue weighted by molar-refractivity contribution is 0.355. The zero-order valence-electron chi connectivity index (χ0n) is 13.7. The summed E-state index contributed by atoms with van der Waals surface area (Å²) < 4.78 is 10.6. The number of nitrogens with zero attached hydrogens (tertiary/aromatic N) is 2. The molecule has 0 aliphatic heterocycles. The summed E-state index contributed by atoms with van der Waals surface area (Å²) >= 11 is 0. The molecule has 0 aliphatic rings. The molecule has 0 aliphatic carbocycles. The monoisotopic (exact) mass is 309 g/mol. The molecule has 0 atom stereocenters. The number of aromatic amines is 1. The topological polar surface area (TPSA) is 70.4 Å². The second kappa shape index (κ2) is 7.32. The summed E-state index contributed by atoms with van der Waals surface area (Å²) in [6.45, 7) is 3.81. The molecule has 2 rings (SSSR count). The van der Waals surface area contributed by atoms with Gasteiger partial charge in [0.1, 0.15) is 11.9 Å². The normalized spacial score (nSPS) is 11.5. The van der Waals surface area contributed by atoms with E-state index in [1.54, 1.807) is 26.6 Å². The van der Waals surface area contributed by atoms with Crippen LogP contribution in [0.5, 0.6) is 11.5 Å². The lowest BCUT2D eigenvalue weighted by atomic mass is 10.1. The van der Waals surface area contributed by atoms with Crippen molar-refractivity contribution in [1.82, 2.24) is 4.98 Å². The molecular weight excluding hydrogens is 290 g/mol. The van der Waals surface area contributed by atoms with Crippen molar-refractivity contribution in [2.45, 2.75) is 13.8 Å². The van der Waals surface area contributed by atoms with E-state index >= 15 is 0 Å². The van der Waals surface area contributed by atoms with E-state index in [9.17, 15) is 0 Å². The molecule has 0 saturated heterocycles. The van der Waals surface area contributed by atoms with Crippen LogP contribution in [-0.2, 0) is 0 Å². The Labute approximate surface area is 135 Å². The van der Waals surface area contributed by atoms with Gasteiger partial charge >= 0.3 is 0 Å². The Kier molecular flexibility index (Phi) is 5.21. The van der Waals surface area contributed by atoms with Gasteiger partial charge in [-0.25, -0.2) is 4.99 Å². The molecule has 1 N–H and O–H groups in total. The highest BCUT2D eigenvalue weighted by Crippen LogP contribution is 2.30. The van der Waals surface area contributed by atoms with Crippen molar-refractivity contribution in [2.75, 3.05) is 14.2 Å². The number of hydrogen-bond donors (Lipinski definition) is 1. The van der Waals surface area contributed by atoms with Crippen molar-refractivity contribution in [2.24, 2.45) is 4.99 Å². The molecule has 23 heavy (non-hydrogen) atoms. The molecule has 1 aromatic carbocycles. The molecule has 0 bridgehead atoms. The summed E-state index contributed by atoms with van der Waals surface area (Å²) in [5.74, 6) is 2.03. The zero-order valence-corrected chi connectivity index (χ0v) is 13.7. The van der Waals surface area contributed by atoms with Gasteiger partial charge in [0.05, 0.1) is 19.8 Å². The molecule has 0 fully saturated rings. The number of nitriles is 1. The molecule has 5 nitrogen and oxygen atoms in total. The van der Waals surface area contributed by atoms with E-state index in [0.717, 1.165) is 16.7 Å². The quantitative estimate of drug-likeness (QED) is 0.848. The van der Waals surface area contributed by atoms with Gasteiger partial charge in [0, 0.05) is 18.0 Å². The highest BCUT2D eigenvalue weighted by Gasteiger charge is 2.08. The Balaban J connectivity index is 2.32. The molecule has 0 spiro atoms. The van der Waals surface area contributed by atoms with Gasteiger partial charge in [0.2, 0.25) is 0 Å². The van der Waals surface area contributed by atoms with Crippen molar-refractivity contribution < 1.29 is 9.47 Å². The Hall–Kier alpha value is -3.00. The van der Waals surface area contributed by atoms with Crippen LogP contribution < -0.4 is 9.47 Å². The van der Waals surface area contributed by atoms with Crippen molar-refractivity contribution in [3.05, 3.63) is 47.2 Å². The molecule has 0 radical (unpaired) electrons. The van der Waals surface area contributed by atoms with Crippen LogP contribution in [0.25, 0.3) is 5.57 Å². The maximum Gasteiger partial charge on any atom is 0.161 e. The molecular formula is C18H19N3O2. The van der Waals surface area contributed by atoms with E-state index in [-0.39, 0.29) is 0 Å². The molecule has 1 aromatic heterocycles. The van der Waals surface area contributed by atoms with E-state index in [2.05, 4.69) is 16.0 Å². The largest absolute Gasteiger partial charge is 0.493 e. The second-order valence-electron chi connectivity index (χ2n) is 4.86. The van der Waals surface area contributed by atoms with Gasteiger partial charge in [-0.3, -0.25) is 0 Å². The lowest BCUT2D eigenvalue weighted by Gasteiger charge is -2.09. The number of methoxy groups -OCH3 is 2. The predicted octanol–water partition coefficient (Wildman–Crippen LogP) is 4.02. The fraction of sp³-hybridized carbons (Fsp3) is 0.222. The average molecular weight is 309 g/mol. The van der Waals surface area contributed by atoms with E-state index < -0.39 is 0 Å². The first-order chi connectivity index (χ1) is 11.1. The SMILES string of the molecule is C/C=C(/C=N\c1[nH]cc(C#N)c1C)c1ccc(OC)c(OC)c1. The van der Waals surface area contributed by atoms with Gasteiger partial charge in [0.15, 0.2) is 11.5 Å². The Morgan fingerprint density at radius 2 is 2.00 bits per heavy atom.